The van der Waals surface area contributed by atoms with Crippen molar-refractivity contribution >= 4 is 23.4 Å². The average Bonchev–Trinajstić information content (AvgIpc) is 2.35. The van der Waals surface area contributed by atoms with Crippen molar-refractivity contribution in [2.45, 2.75) is 26.2 Å². The monoisotopic (exact) mass is 274 g/mol. The molecule has 3 heteroatoms. The van der Waals surface area contributed by atoms with Crippen LogP contribution in [0.2, 0.25) is 0 Å². The average molecular weight is 275 g/mol. The van der Waals surface area contributed by atoms with Gasteiger partial charge in [-0.2, -0.15) is 11.8 Å². The number of halogens is 2. The fraction of sp³-hybridized carbons (Fsp3) is 0.571. The second-order valence-corrected chi connectivity index (χ2v) is 5.89. The smallest absolute Gasteiger partial charge is 0.123 e. The number of hydrogen-bond acceptors (Lipinski definition) is 1. The van der Waals surface area contributed by atoms with Gasteiger partial charge in [-0.3, -0.25) is 0 Å². The lowest BCUT2D eigenvalue weighted by Gasteiger charge is -2.13. The molecule has 1 unspecified atom stereocenters. The molecule has 0 heterocycles. The Hall–Kier alpha value is -0.210. The lowest BCUT2D eigenvalue weighted by atomic mass is 9.97. The summed E-state index contributed by atoms with van der Waals surface area (Å²) in [5.74, 6) is 3.43. The van der Waals surface area contributed by atoms with Crippen LogP contribution in [-0.4, -0.2) is 17.4 Å². The van der Waals surface area contributed by atoms with Crippen LogP contribution in [0.5, 0.6) is 0 Å². The van der Waals surface area contributed by atoms with E-state index in [0.717, 1.165) is 12.8 Å². The summed E-state index contributed by atoms with van der Waals surface area (Å²) in [6.45, 7) is 2.18. The second kappa shape index (κ2) is 8.82. The summed E-state index contributed by atoms with van der Waals surface area (Å²) in [4.78, 5) is 0. The van der Waals surface area contributed by atoms with Crippen molar-refractivity contribution in [3.63, 3.8) is 0 Å². The van der Waals surface area contributed by atoms with Crippen molar-refractivity contribution < 1.29 is 4.39 Å². The van der Waals surface area contributed by atoms with E-state index in [4.69, 9.17) is 11.6 Å². The van der Waals surface area contributed by atoms with Crippen LogP contribution < -0.4 is 0 Å². The van der Waals surface area contributed by atoms with Crippen LogP contribution in [0.15, 0.2) is 24.3 Å². The third-order valence-corrected chi connectivity index (χ3v) is 4.18. The summed E-state index contributed by atoms with van der Waals surface area (Å²) in [7, 11) is 0. The lowest BCUT2D eigenvalue weighted by molar-refractivity contribution is 0.529. The maximum absolute atomic E-state index is 12.8. The van der Waals surface area contributed by atoms with Gasteiger partial charge in [-0.15, -0.1) is 11.6 Å². The molecule has 0 nitrogen and oxygen atoms in total. The minimum atomic E-state index is -0.171. The summed E-state index contributed by atoms with van der Waals surface area (Å²) < 4.78 is 12.8. The summed E-state index contributed by atoms with van der Waals surface area (Å²) in [6.07, 6.45) is 3.34. The molecule has 0 bridgehead atoms. The predicted molar refractivity (Wildman–Crippen MR) is 76.5 cm³/mol. The minimum Gasteiger partial charge on any atom is -0.207 e. The Labute approximate surface area is 113 Å². The largest absolute Gasteiger partial charge is 0.207 e. The molecule has 1 aromatic carbocycles. The molecule has 0 aliphatic heterocycles. The van der Waals surface area contributed by atoms with Crippen molar-refractivity contribution in [1.29, 1.82) is 0 Å². The van der Waals surface area contributed by atoms with Crippen LogP contribution in [-0.2, 0) is 6.42 Å². The molecule has 0 N–H and O–H groups in total. The van der Waals surface area contributed by atoms with E-state index in [1.807, 2.05) is 23.9 Å². The van der Waals surface area contributed by atoms with Gasteiger partial charge in [0.25, 0.3) is 0 Å². The summed E-state index contributed by atoms with van der Waals surface area (Å²) in [5.41, 5.74) is 1.18. The molecule has 0 aromatic heterocycles. The fourth-order valence-electron chi connectivity index (χ4n) is 1.81. The number of benzene rings is 1. The molecular formula is C14H20ClFS. The molecule has 0 amide bonds. The normalized spacial score (nSPS) is 12.6. The highest BCUT2D eigenvalue weighted by atomic mass is 35.5. The van der Waals surface area contributed by atoms with Crippen LogP contribution in [0.1, 0.15) is 25.3 Å². The van der Waals surface area contributed by atoms with Gasteiger partial charge >= 0.3 is 0 Å². The summed E-state index contributed by atoms with van der Waals surface area (Å²) in [5, 5.41) is 0. The van der Waals surface area contributed by atoms with Crippen molar-refractivity contribution in [1.82, 2.24) is 0 Å². The molecule has 0 fully saturated rings. The number of thioether (sulfide) groups is 1. The van der Waals surface area contributed by atoms with Gasteiger partial charge in [0.1, 0.15) is 5.82 Å². The molecule has 0 radical (unpaired) electrons. The van der Waals surface area contributed by atoms with E-state index in [1.54, 1.807) is 0 Å². The first-order valence-corrected chi connectivity index (χ1v) is 7.83. The molecule has 1 aromatic rings. The van der Waals surface area contributed by atoms with Crippen molar-refractivity contribution in [3.8, 4) is 0 Å². The summed E-state index contributed by atoms with van der Waals surface area (Å²) in [6, 6.07) is 6.76. The third-order valence-electron chi connectivity index (χ3n) is 2.76. The molecule has 17 heavy (non-hydrogen) atoms. The topological polar surface area (TPSA) is 0 Å². The highest BCUT2D eigenvalue weighted by molar-refractivity contribution is 7.99. The molecule has 96 valence electrons. The Morgan fingerprint density at radius 2 is 2.00 bits per heavy atom. The lowest BCUT2D eigenvalue weighted by Crippen LogP contribution is -2.07. The van der Waals surface area contributed by atoms with E-state index in [0.29, 0.717) is 11.8 Å². The van der Waals surface area contributed by atoms with Gasteiger partial charge in [0.15, 0.2) is 0 Å². The molecule has 0 aliphatic rings. The van der Waals surface area contributed by atoms with Gasteiger partial charge in [-0.05, 0) is 54.4 Å². The minimum absolute atomic E-state index is 0.171. The Bertz CT molecular complexity index is 300. The van der Waals surface area contributed by atoms with Gasteiger partial charge in [-0.1, -0.05) is 19.1 Å². The maximum Gasteiger partial charge on any atom is 0.123 e. The quantitative estimate of drug-likeness (QED) is 0.487. The first-order valence-electron chi connectivity index (χ1n) is 6.14. The van der Waals surface area contributed by atoms with Crippen molar-refractivity contribution in [2.24, 2.45) is 5.92 Å². The van der Waals surface area contributed by atoms with Crippen LogP contribution in [0.25, 0.3) is 0 Å². The first kappa shape index (κ1) is 14.8. The Balaban J connectivity index is 2.33. The Kier molecular flexibility index (Phi) is 7.70. The molecule has 0 spiro atoms. The third kappa shape index (κ3) is 6.32. The molecule has 0 saturated carbocycles. The number of alkyl halides is 1. The van der Waals surface area contributed by atoms with Crippen molar-refractivity contribution in [2.75, 3.05) is 17.4 Å². The zero-order chi connectivity index (χ0) is 12.5. The van der Waals surface area contributed by atoms with Gasteiger partial charge < -0.3 is 0 Å². The maximum atomic E-state index is 12.8. The Morgan fingerprint density at radius 3 is 2.59 bits per heavy atom. The van der Waals surface area contributed by atoms with E-state index in [2.05, 4.69) is 6.92 Å². The molecular weight excluding hydrogens is 255 g/mol. The van der Waals surface area contributed by atoms with Crippen LogP contribution in [0, 0.1) is 11.7 Å². The van der Waals surface area contributed by atoms with Crippen LogP contribution >= 0.6 is 23.4 Å². The van der Waals surface area contributed by atoms with E-state index in [-0.39, 0.29) is 5.82 Å². The van der Waals surface area contributed by atoms with Gasteiger partial charge in [-0.25, -0.2) is 4.39 Å². The number of rotatable bonds is 8. The van der Waals surface area contributed by atoms with Crippen molar-refractivity contribution in [3.05, 3.63) is 35.6 Å². The van der Waals surface area contributed by atoms with Crippen LogP contribution in [0.4, 0.5) is 4.39 Å². The standard InChI is InChI=1S/C14H20ClFS/c1-2-17-9-3-4-13(11-15)10-12-5-7-14(16)8-6-12/h5-8,13H,2-4,9-11H2,1H3. The molecule has 0 aliphatic carbocycles. The SMILES string of the molecule is CCSCCCC(CCl)Cc1ccc(F)cc1. The predicted octanol–water partition coefficient (Wildman–Crippen LogP) is 4.76. The number of hydrogen-bond donors (Lipinski definition) is 0. The highest BCUT2D eigenvalue weighted by Crippen LogP contribution is 2.17. The van der Waals surface area contributed by atoms with Crippen LogP contribution in [0.3, 0.4) is 0 Å². The molecule has 1 atom stereocenters. The second-order valence-electron chi connectivity index (χ2n) is 4.19. The van der Waals surface area contributed by atoms with E-state index in [9.17, 15) is 4.39 Å². The Morgan fingerprint density at radius 1 is 1.29 bits per heavy atom. The van der Waals surface area contributed by atoms with E-state index >= 15 is 0 Å². The molecule has 0 saturated heterocycles. The fourth-order valence-corrected chi connectivity index (χ4v) is 2.73. The van der Waals surface area contributed by atoms with Gasteiger partial charge in [0.05, 0.1) is 0 Å². The van der Waals surface area contributed by atoms with E-state index in [1.165, 1.54) is 35.6 Å². The van der Waals surface area contributed by atoms with E-state index < -0.39 is 0 Å². The van der Waals surface area contributed by atoms with Gasteiger partial charge in [0.2, 0.25) is 0 Å². The molecule has 1 rings (SSSR count). The zero-order valence-corrected chi connectivity index (χ0v) is 11.9. The first-order chi connectivity index (χ1) is 8.26. The van der Waals surface area contributed by atoms with Gasteiger partial charge in [0, 0.05) is 5.88 Å². The highest BCUT2D eigenvalue weighted by Gasteiger charge is 2.08. The zero-order valence-electron chi connectivity index (χ0n) is 10.3. The summed E-state index contributed by atoms with van der Waals surface area (Å²) >= 11 is 7.96.